The Morgan fingerprint density at radius 2 is 2.00 bits per heavy atom. The summed E-state index contributed by atoms with van der Waals surface area (Å²) in [6.45, 7) is 6.39. The Hall–Kier alpha value is -3.85. The summed E-state index contributed by atoms with van der Waals surface area (Å²) in [6.07, 6.45) is 4.38. The van der Waals surface area contributed by atoms with Gasteiger partial charge in [0.2, 0.25) is 0 Å². The molecule has 2 aromatic carbocycles. The molecule has 0 radical (unpaired) electrons. The highest BCUT2D eigenvalue weighted by molar-refractivity contribution is 6.03. The van der Waals surface area contributed by atoms with Gasteiger partial charge in [-0.1, -0.05) is 23.8 Å². The Kier molecular flexibility index (Phi) is 6.18. The number of amides is 1. The zero-order chi connectivity index (χ0) is 23.5. The van der Waals surface area contributed by atoms with E-state index in [1.165, 1.54) is 5.57 Å². The first-order chi connectivity index (χ1) is 16.5. The Bertz CT molecular complexity index is 1170. The van der Waals surface area contributed by atoms with Gasteiger partial charge in [-0.3, -0.25) is 10.2 Å². The molecular weight excluding hydrogens is 428 g/mol. The Labute approximate surface area is 199 Å². The highest BCUT2D eigenvalue weighted by Gasteiger charge is 2.27. The van der Waals surface area contributed by atoms with Gasteiger partial charge in [-0.15, -0.1) is 10.6 Å². The van der Waals surface area contributed by atoms with E-state index in [4.69, 9.17) is 0 Å². The second kappa shape index (κ2) is 9.56. The Morgan fingerprint density at radius 1 is 1.18 bits per heavy atom. The van der Waals surface area contributed by atoms with Crippen LogP contribution in [0.4, 0.5) is 11.4 Å². The summed E-state index contributed by atoms with van der Waals surface area (Å²) >= 11 is 0. The summed E-state index contributed by atoms with van der Waals surface area (Å²) in [4.78, 5) is 16.8. The molecule has 2 aromatic rings. The second-order valence-electron chi connectivity index (χ2n) is 8.95. The van der Waals surface area contributed by atoms with E-state index in [-0.39, 0.29) is 5.91 Å². The lowest BCUT2D eigenvalue weighted by Gasteiger charge is -2.14. The van der Waals surface area contributed by atoms with Crippen molar-refractivity contribution in [1.29, 1.82) is 0 Å². The largest absolute Gasteiger partial charge is 0.355 e. The van der Waals surface area contributed by atoms with Gasteiger partial charge in [-0.2, -0.15) is 4.99 Å². The van der Waals surface area contributed by atoms with Crippen LogP contribution in [0.2, 0.25) is 0 Å². The average Bonchev–Trinajstić information content (AvgIpc) is 3.34. The number of aliphatic imine (C=N–C) groups is 1. The summed E-state index contributed by atoms with van der Waals surface area (Å²) in [5.74, 6) is 1.56. The van der Waals surface area contributed by atoms with Crippen LogP contribution >= 0.6 is 0 Å². The lowest BCUT2D eigenvalue weighted by molar-refractivity contribution is 0.100. The maximum absolute atomic E-state index is 12.6. The van der Waals surface area contributed by atoms with Crippen molar-refractivity contribution < 1.29 is 4.79 Å². The maximum Gasteiger partial charge on any atom is 0.280 e. The van der Waals surface area contributed by atoms with Gasteiger partial charge >= 0.3 is 0 Å². The summed E-state index contributed by atoms with van der Waals surface area (Å²) in [7, 11) is 0. The fourth-order valence-corrected chi connectivity index (χ4v) is 3.88. The second-order valence-corrected chi connectivity index (χ2v) is 8.95. The first-order valence-corrected chi connectivity index (χ1v) is 11.7. The van der Waals surface area contributed by atoms with Crippen LogP contribution in [0.25, 0.3) is 0 Å². The summed E-state index contributed by atoms with van der Waals surface area (Å²) < 4.78 is 0. The van der Waals surface area contributed by atoms with E-state index in [2.05, 4.69) is 63.0 Å². The van der Waals surface area contributed by atoms with E-state index in [1.807, 2.05) is 36.4 Å². The van der Waals surface area contributed by atoms with Gasteiger partial charge in [0, 0.05) is 35.6 Å². The number of anilines is 2. The van der Waals surface area contributed by atoms with Gasteiger partial charge in [0.15, 0.2) is 11.8 Å². The van der Waals surface area contributed by atoms with E-state index < -0.39 is 0 Å². The van der Waals surface area contributed by atoms with E-state index in [0.717, 1.165) is 54.3 Å². The van der Waals surface area contributed by atoms with Gasteiger partial charge in [0.05, 0.1) is 6.54 Å². The van der Waals surface area contributed by atoms with Crippen LogP contribution in [0.15, 0.2) is 64.2 Å². The molecule has 0 bridgehead atoms. The van der Waals surface area contributed by atoms with Crippen molar-refractivity contribution in [2.45, 2.75) is 32.6 Å². The molecule has 5 rings (SSSR count). The van der Waals surface area contributed by atoms with Crippen molar-refractivity contribution >= 4 is 29.1 Å². The molecule has 1 aliphatic carbocycles. The molecule has 2 heterocycles. The molecule has 9 nitrogen and oxygen atoms in total. The monoisotopic (exact) mass is 458 g/mol. The highest BCUT2D eigenvalue weighted by atomic mass is 16.1. The van der Waals surface area contributed by atoms with Crippen molar-refractivity contribution in [2.75, 3.05) is 25.0 Å². The molecule has 5 N–H and O–H groups in total. The number of amidine groups is 1. The highest BCUT2D eigenvalue weighted by Crippen LogP contribution is 2.44. The van der Waals surface area contributed by atoms with Crippen LogP contribution in [0, 0.1) is 0 Å². The zero-order valence-electron chi connectivity index (χ0n) is 19.5. The standard InChI is InChI=1S/C25H30N8O/c1-16(2)10-13-33-31-23(30-32-33)18-4-3-5-20(14-18)28-22-9-8-19(15-21(22)17-6-7-17)24(34)29-25-26-11-12-27-25/h3-5,8-10,14-15,17,28,32H,6-7,11-13H2,1-2H3,(H,30,31)(H2,26,27,29,34). The van der Waals surface area contributed by atoms with Crippen molar-refractivity contribution in [1.82, 2.24) is 26.7 Å². The average molecular weight is 459 g/mol. The number of hydrogen-bond donors (Lipinski definition) is 5. The first-order valence-electron chi connectivity index (χ1n) is 11.7. The van der Waals surface area contributed by atoms with Crippen LogP contribution in [0.3, 0.4) is 0 Å². The molecule has 0 atom stereocenters. The van der Waals surface area contributed by atoms with Crippen LogP contribution < -0.4 is 26.9 Å². The molecule has 1 amide bonds. The fraction of sp³-hybridized carbons (Fsp3) is 0.320. The minimum Gasteiger partial charge on any atom is -0.355 e. The zero-order valence-corrected chi connectivity index (χ0v) is 19.5. The number of nitrogens with one attached hydrogen (secondary N) is 5. The maximum atomic E-state index is 12.6. The van der Waals surface area contributed by atoms with E-state index in [9.17, 15) is 4.79 Å². The summed E-state index contributed by atoms with van der Waals surface area (Å²) in [5.41, 5.74) is 12.2. The molecule has 2 aliphatic heterocycles. The molecule has 3 aliphatic rings. The molecule has 176 valence electrons. The van der Waals surface area contributed by atoms with E-state index in [1.54, 1.807) is 5.12 Å². The van der Waals surface area contributed by atoms with Crippen LogP contribution in [0.1, 0.15) is 54.1 Å². The van der Waals surface area contributed by atoms with Gasteiger partial charge in [0.1, 0.15) is 0 Å². The smallest absolute Gasteiger partial charge is 0.280 e. The number of guanidine groups is 1. The molecule has 1 saturated carbocycles. The third-order valence-corrected chi connectivity index (χ3v) is 5.85. The minimum absolute atomic E-state index is 0.233. The van der Waals surface area contributed by atoms with E-state index >= 15 is 0 Å². The topological polar surface area (TPSA) is 105 Å². The number of hydrogen-bond acceptors (Lipinski definition) is 6. The first kappa shape index (κ1) is 22.0. The number of allylic oxidation sites excluding steroid dienone is 1. The molecule has 1 saturated heterocycles. The van der Waals surface area contributed by atoms with Gasteiger partial charge in [-0.05, 0) is 68.5 Å². The number of hydrazone groups is 1. The normalized spacial score (nSPS) is 16.8. The van der Waals surface area contributed by atoms with Crippen molar-refractivity contribution in [3.8, 4) is 0 Å². The molecule has 34 heavy (non-hydrogen) atoms. The van der Waals surface area contributed by atoms with E-state index in [0.29, 0.717) is 24.0 Å². The number of hydrazine groups is 2. The number of carbonyl (C=O) groups is 1. The van der Waals surface area contributed by atoms with Gasteiger partial charge < -0.3 is 16.0 Å². The van der Waals surface area contributed by atoms with Crippen LogP contribution in [-0.4, -0.2) is 42.5 Å². The fourth-order valence-electron chi connectivity index (χ4n) is 3.88. The number of carbonyl (C=O) groups excluding carboxylic acids is 1. The molecular formula is C25H30N8O. The predicted molar refractivity (Wildman–Crippen MR) is 135 cm³/mol. The minimum atomic E-state index is -0.233. The summed E-state index contributed by atoms with van der Waals surface area (Å²) in [5, 5.41) is 16.1. The lowest BCUT2D eigenvalue weighted by atomic mass is 10.0. The van der Waals surface area contributed by atoms with Gasteiger partial charge in [-0.25, -0.2) is 5.12 Å². The lowest BCUT2D eigenvalue weighted by Crippen LogP contribution is -2.38. The number of rotatable bonds is 7. The summed E-state index contributed by atoms with van der Waals surface area (Å²) in [6, 6.07) is 13.9. The molecule has 0 spiro atoms. The van der Waals surface area contributed by atoms with Crippen molar-refractivity contribution in [2.24, 2.45) is 10.1 Å². The van der Waals surface area contributed by atoms with Crippen LogP contribution in [0.5, 0.6) is 0 Å². The molecule has 0 unspecified atom stereocenters. The quantitative estimate of drug-likeness (QED) is 0.406. The number of nitrogens with zero attached hydrogens (tertiary/aromatic N) is 3. The third kappa shape index (κ3) is 5.20. The van der Waals surface area contributed by atoms with Crippen LogP contribution in [-0.2, 0) is 0 Å². The van der Waals surface area contributed by atoms with Crippen molar-refractivity contribution in [3.05, 3.63) is 70.8 Å². The predicted octanol–water partition coefficient (Wildman–Crippen LogP) is 2.95. The molecule has 0 aromatic heterocycles. The number of benzene rings is 2. The van der Waals surface area contributed by atoms with Crippen molar-refractivity contribution in [3.63, 3.8) is 0 Å². The molecule has 9 heteroatoms. The third-order valence-electron chi connectivity index (χ3n) is 5.85. The Balaban J connectivity index is 1.33. The van der Waals surface area contributed by atoms with Gasteiger partial charge in [0.25, 0.3) is 5.91 Å². The Morgan fingerprint density at radius 3 is 2.76 bits per heavy atom. The molecule has 2 fully saturated rings. The SMILES string of the molecule is CC(C)=CCN1N=C(c2cccc(Nc3ccc(C(=O)N=C4NCCN4)cc3C3CC3)c2)NN1.